The second kappa shape index (κ2) is 11.2. The van der Waals surface area contributed by atoms with Crippen LogP contribution < -0.4 is 11.1 Å². The number of aromatic nitrogens is 4. The predicted molar refractivity (Wildman–Crippen MR) is 129 cm³/mol. The number of amides is 2. The molecule has 0 saturated carbocycles. The van der Waals surface area contributed by atoms with Crippen LogP contribution in [0.3, 0.4) is 0 Å². The van der Waals surface area contributed by atoms with Crippen molar-refractivity contribution in [2.45, 2.75) is 32.1 Å². The molecule has 0 saturated heterocycles. The van der Waals surface area contributed by atoms with E-state index in [1.165, 1.54) is 31.3 Å². The molecule has 0 aliphatic rings. The molecule has 8 nitrogen and oxygen atoms in total. The smallest absolute Gasteiger partial charge is 0.366 e. The van der Waals surface area contributed by atoms with Crippen molar-refractivity contribution >= 4 is 11.8 Å². The number of carbonyl (C=O) groups excluding carboxylic acids is 2. The molecule has 1 atom stereocenters. The number of hydrogen-bond donors (Lipinski definition) is 2. The molecule has 0 spiro atoms. The molecule has 208 valence electrons. The molecule has 4 aromatic rings. The average Bonchev–Trinajstić information content (AvgIpc) is 3.23. The number of primary amides is 1. The fourth-order valence-electron chi connectivity index (χ4n) is 4.07. The Kier molecular flexibility index (Phi) is 7.89. The molecule has 3 N–H and O–H groups in total. The predicted octanol–water partition coefficient (Wildman–Crippen LogP) is 4.28. The first-order valence-electron chi connectivity index (χ1n) is 11.6. The second-order valence-corrected chi connectivity index (χ2v) is 8.74. The molecule has 2 heterocycles. The van der Waals surface area contributed by atoms with Gasteiger partial charge in [-0.1, -0.05) is 12.1 Å². The third-order valence-corrected chi connectivity index (χ3v) is 5.81. The number of aryl methyl sites for hydroxylation is 1. The zero-order valence-electron chi connectivity index (χ0n) is 20.6. The Labute approximate surface area is 222 Å². The van der Waals surface area contributed by atoms with Crippen molar-refractivity contribution in [2.24, 2.45) is 5.73 Å². The zero-order chi connectivity index (χ0) is 29.2. The van der Waals surface area contributed by atoms with Crippen LogP contribution in [0.15, 0.2) is 54.7 Å². The van der Waals surface area contributed by atoms with E-state index < -0.39 is 59.4 Å². The number of rotatable bonds is 8. The van der Waals surface area contributed by atoms with Crippen LogP contribution in [-0.4, -0.2) is 31.6 Å². The van der Waals surface area contributed by atoms with Gasteiger partial charge in [0.25, 0.3) is 11.7 Å². The number of nitrogens with two attached hydrogens (primary N) is 1. The summed E-state index contributed by atoms with van der Waals surface area (Å²) in [5.74, 6) is -6.02. The summed E-state index contributed by atoms with van der Waals surface area (Å²) in [5.41, 5.74) is 5.77. The lowest BCUT2D eigenvalue weighted by Gasteiger charge is -2.22. The van der Waals surface area contributed by atoms with E-state index in [0.717, 1.165) is 22.9 Å². The monoisotopic (exact) mass is 562 g/mol. The number of nitrogens with one attached hydrogen (secondary N) is 1. The first-order chi connectivity index (χ1) is 18.8. The number of carbonyl (C=O) groups is 2. The fourth-order valence-corrected chi connectivity index (χ4v) is 4.07. The summed E-state index contributed by atoms with van der Waals surface area (Å²) < 4.78 is 81.8. The van der Waals surface area contributed by atoms with E-state index in [9.17, 15) is 35.9 Å². The topological polar surface area (TPSA) is 116 Å². The Balaban J connectivity index is 1.73. The molecule has 40 heavy (non-hydrogen) atoms. The van der Waals surface area contributed by atoms with Crippen LogP contribution in [0.1, 0.15) is 39.3 Å². The first-order valence-corrected chi connectivity index (χ1v) is 11.6. The number of nitrogens with zero attached hydrogens (tertiary/aromatic N) is 4. The molecule has 2 aromatic carbocycles. The van der Waals surface area contributed by atoms with Gasteiger partial charge in [-0.05, 0) is 54.8 Å². The zero-order valence-corrected chi connectivity index (χ0v) is 20.6. The lowest BCUT2D eigenvalue weighted by Crippen LogP contribution is -2.34. The lowest BCUT2D eigenvalue weighted by atomic mass is 9.94. The second-order valence-electron chi connectivity index (χ2n) is 8.74. The molecule has 2 amide bonds. The Morgan fingerprint density at radius 1 is 1.05 bits per heavy atom. The SMILES string of the molecule is Cc1nc(C(F)(F)F)nn1CC(=O)NC(Cc1cc(F)cc(F)c1)c1ncccc1-c1ccc(F)c(C(N)=O)c1. The first kappa shape index (κ1) is 28.3. The molecular formula is C26H20F6N6O2. The van der Waals surface area contributed by atoms with E-state index in [-0.39, 0.29) is 23.5 Å². The van der Waals surface area contributed by atoms with Crippen LogP contribution in [0.5, 0.6) is 0 Å². The van der Waals surface area contributed by atoms with Crippen LogP contribution in [-0.2, 0) is 23.9 Å². The Morgan fingerprint density at radius 3 is 2.38 bits per heavy atom. The number of pyridine rings is 1. The van der Waals surface area contributed by atoms with E-state index in [0.29, 0.717) is 17.2 Å². The van der Waals surface area contributed by atoms with Gasteiger partial charge in [-0.3, -0.25) is 14.6 Å². The maximum Gasteiger partial charge on any atom is 0.453 e. The molecule has 0 radical (unpaired) electrons. The van der Waals surface area contributed by atoms with Crippen LogP contribution >= 0.6 is 0 Å². The Hall–Kier alpha value is -4.75. The number of alkyl halides is 3. The summed E-state index contributed by atoms with van der Waals surface area (Å²) >= 11 is 0. The summed E-state index contributed by atoms with van der Waals surface area (Å²) in [7, 11) is 0. The Morgan fingerprint density at radius 2 is 1.75 bits per heavy atom. The highest BCUT2D eigenvalue weighted by molar-refractivity contribution is 5.94. The minimum absolute atomic E-state index is 0.132. The summed E-state index contributed by atoms with van der Waals surface area (Å²) in [5, 5.41) is 5.95. The molecule has 2 aromatic heterocycles. The number of halogens is 6. The Bertz CT molecular complexity index is 1570. The van der Waals surface area contributed by atoms with Crippen LogP contribution in [0.4, 0.5) is 26.3 Å². The van der Waals surface area contributed by atoms with Gasteiger partial charge in [0.15, 0.2) is 0 Å². The van der Waals surface area contributed by atoms with Crippen molar-refractivity contribution < 1.29 is 35.9 Å². The largest absolute Gasteiger partial charge is 0.453 e. The van der Waals surface area contributed by atoms with Gasteiger partial charge >= 0.3 is 6.18 Å². The van der Waals surface area contributed by atoms with E-state index >= 15 is 0 Å². The maximum absolute atomic E-state index is 14.1. The van der Waals surface area contributed by atoms with Gasteiger partial charge in [-0.25, -0.2) is 22.8 Å². The van der Waals surface area contributed by atoms with Crippen LogP contribution in [0, 0.1) is 24.4 Å². The molecule has 14 heteroatoms. The summed E-state index contributed by atoms with van der Waals surface area (Å²) in [4.78, 5) is 32.3. The quantitative estimate of drug-likeness (QED) is 0.311. The van der Waals surface area contributed by atoms with Gasteiger partial charge in [0, 0.05) is 17.8 Å². The van der Waals surface area contributed by atoms with E-state index in [1.807, 2.05) is 0 Å². The normalized spacial score (nSPS) is 12.3. The average molecular weight is 562 g/mol. The molecule has 0 bridgehead atoms. The molecule has 0 aliphatic heterocycles. The number of hydrogen-bond acceptors (Lipinski definition) is 5. The van der Waals surface area contributed by atoms with Gasteiger partial charge in [0.1, 0.15) is 29.8 Å². The maximum atomic E-state index is 14.1. The fraction of sp³-hybridized carbons (Fsp3) is 0.192. The van der Waals surface area contributed by atoms with Crippen molar-refractivity contribution in [1.82, 2.24) is 25.1 Å². The van der Waals surface area contributed by atoms with E-state index in [2.05, 4.69) is 20.4 Å². The standard InChI is InChI=1S/C26H20F6N6O2/c1-13-35-25(26(30,31)32)37-38(13)12-22(39)36-21(9-14-7-16(27)11-17(28)8-14)23-18(3-2-6-34-23)15-4-5-20(29)19(10-15)24(33)40/h2-8,10-11,21H,9,12H2,1H3,(H2,33,40)(H,36,39). The molecule has 0 fully saturated rings. The minimum Gasteiger partial charge on any atom is -0.366 e. The van der Waals surface area contributed by atoms with Crippen molar-refractivity contribution in [3.63, 3.8) is 0 Å². The summed E-state index contributed by atoms with van der Waals surface area (Å²) in [6.45, 7) is 0.581. The molecular weight excluding hydrogens is 542 g/mol. The highest BCUT2D eigenvalue weighted by atomic mass is 19.4. The van der Waals surface area contributed by atoms with Gasteiger partial charge in [-0.2, -0.15) is 13.2 Å². The van der Waals surface area contributed by atoms with E-state index in [4.69, 9.17) is 5.73 Å². The molecule has 0 aliphatic carbocycles. The van der Waals surface area contributed by atoms with Gasteiger partial charge in [0.05, 0.1) is 17.3 Å². The number of benzene rings is 2. The third kappa shape index (κ3) is 6.45. The van der Waals surface area contributed by atoms with Crippen molar-refractivity contribution in [3.05, 3.63) is 101 Å². The van der Waals surface area contributed by atoms with Crippen LogP contribution in [0.25, 0.3) is 11.1 Å². The summed E-state index contributed by atoms with van der Waals surface area (Å²) in [6, 6.07) is 8.32. The minimum atomic E-state index is -4.82. The highest BCUT2D eigenvalue weighted by Crippen LogP contribution is 2.31. The van der Waals surface area contributed by atoms with Crippen molar-refractivity contribution in [2.75, 3.05) is 0 Å². The van der Waals surface area contributed by atoms with Crippen molar-refractivity contribution in [3.8, 4) is 11.1 Å². The molecule has 4 rings (SSSR count). The van der Waals surface area contributed by atoms with Gasteiger partial charge in [-0.15, -0.1) is 5.10 Å². The lowest BCUT2D eigenvalue weighted by molar-refractivity contribution is -0.145. The van der Waals surface area contributed by atoms with E-state index in [1.54, 1.807) is 6.07 Å². The third-order valence-electron chi connectivity index (χ3n) is 5.81. The van der Waals surface area contributed by atoms with Gasteiger partial charge < -0.3 is 11.1 Å². The van der Waals surface area contributed by atoms with Crippen molar-refractivity contribution in [1.29, 1.82) is 0 Å². The van der Waals surface area contributed by atoms with Crippen LogP contribution in [0.2, 0.25) is 0 Å². The summed E-state index contributed by atoms with van der Waals surface area (Å²) in [6.07, 6.45) is -3.64. The highest BCUT2D eigenvalue weighted by Gasteiger charge is 2.37. The molecule has 1 unspecified atom stereocenters. The van der Waals surface area contributed by atoms with Gasteiger partial charge in [0.2, 0.25) is 5.91 Å².